The molecule has 0 aromatic heterocycles. The predicted molar refractivity (Wildman–Crippen MR) is 113 cm³/mol. The van der Waals surface area contributed by atoms with Crippen molar-refractivity contribution in [2.24, 2.45) is 11.3 Å². The van der Waals surface area contributed by atoms with Crippen molar-refractivity contribution in [2.45, 2.75) is 46.6 Å². The van der Waals surface area contributed by atoms with Gasteiger partial charge < -0.3 is 15.0 Å². The van der Waals surface area contributed by atoms with Gasteiger partial charge >= 0.3 is 5.97 Å². The van der Waals surface area contributed by atoms with E-state index in [0.717, 1.165) is 5.56 Å². The van der Waals surface area contributed by atoms with E-state index in [4.69, 9.17) is 27.9 Å². The van der Waals surface area contributed by atoms with E-state index in [2.05, 4.69) is 5.32 Å². The summed E-state index contributed by atoms with van der Waals surface area (Å²) in [6.07, 6.45) is 1.08. The number of rotatable bonds is 5. The highest BCUT2D eigenvalue weighted by molar-refractivity contribution is 6.35. The molecule has 0 saturated carbocycles. The Balaban J connectivity index is 1.78. The molecule has 2 amide bonds. The number of nitrogens with zero attached hydrogens (tertiary/aromatic N) is 1. The molecule has 1 fully saturated rings. The summed E-state index contributed by atoms with van der Waals surface area (Å²) >= 11 is 12.0. The van der Waals surface area contributed by atoms with E-state index in [1.54, 1.807) is 30.0 Å². The molecule has 1 unspecified atom stereocenters. The molecule has 29 heavy (non-hydrogen) atoms. The first-order valence-corrected chi connectivity index (χ1v) is 10.4. The van der Waals surface area contributed by atoms with Crippen LogP contribution in [0.15, 0.2) is 18.2 Å². The van der Waals surface area contributed by atoms with Crippen LogP contribution in [0, 0.1) is 11.3 Å². The Kier molecular flexibility index (Phi) is 7.94. The zero-order chi connectivity index (χ0) is 21.8. The minimum absolute atomic E-state index is 0.0820. The van der Waals surface area contributed by atoms with Gasteiger partial charge in [0, 0.05) is 28.5 Å². The smallest absolute Gasteiger partial charge is 0.309 e. The maximum absolute atomic E-state index is 12.3. The minimum atomic E-state index is -0.435. The summed E-state index contributed by atoms with van der Waals surface area (Å²) in [4.78, 5) is 38.5. The number of esters is 1. The Labute approximate surface area is 181 Å². The van der Waals surface area contributed by atoms with E-state index < -0.39 is 17.3 Å². The molecule has 1 aliphatic heterocycles. The molecule has 6 nitrogen and oxygen atoms in total. The molecule has 1 atom stereocenters. The van der Waals surface area contributed by atoms with Crippen molar-refractivity contribution in [3.63, 3.8) is 0 Å². The lowest BCUT2D eigenvalue weighted by Gasteiger charge is -2.34. The summed E-state index contributed by atoms with van der Waals surface area (Å²) in [6.45, 7) is 8.13. The van der Waals surface area contributed by atoms with Gasteiger partial charge in [0.05, 0.1) is 12.0 Å². The standard InChI is InChI=1S/C21H28Cl2N2O4/c1-13(16-6-5-15(22)11-17(16)23)24-18(26)12-29-19(27)14-7-9-25(10-8-14)20(28)21(2,3)4/h5-6,11,13-14H,7-10,12H2,1-4H3,(H,24,26). The number of carbonyl (C=O) groups excluding carboxylic acids is 3. The van der Waals surface area contributed by atoms with Crippen molar-refractivity contribution >= 4 is 41.0 Å². The van der Waals surface area contributed by atoms with Crippen LogP contribution in [0.5, 0.6) is 0 Å². The molecule has 0 spiro atoms. The number of hydrogen-bond acceptors (Lipinski definition) is 4. The SMILES string of the molecule is CC(NC(=O)COC(=O)C1CCN(C(=O)C(C)(C)C)CC1)c1ccc(Cl)cc1Cl. The summed E-state index contributed by atoms with van der Waals surface area (Å²) in [7, 11) is 0. The third-order valence-electron chi connectivity index (χ3n) is 4.91. The van der Waals surface area contributed by atoms with Crippen LogP contribution < -0.4 is 5.32 Å². The maximum Gasteiger partial charge on any atom is 0.309 e. The lowest BCUT2D eigenvalue weighted by molar-refractivity contribution is -0.155. The van der Waals surface area contributed by atoms with Gasteiger partial charge in [-0.05, 0) is 37.5 Å². The van der Waals surface area contributed by atoms with Crippen LogP contribution in [-0.2, 0) is 19.1 Å². The molecule has 1 saturated heterocycles. The highest BCUT2D eigenvalue weighted by Gasteiger charge is 2.33. The van der Waals surface area contributed by atoms with Crippen molar-refractivity contribution in [1.82, 2.24) is 10.2 Å². The van der Waals surface area contributed by atoms with Crippen molar-refractivity contribution in [3.05, 3.63) is 33.8 Å². The predicted octanol–water partition coefficient (Wildman–Crippen LogP) is 4.00. The van der Waals surface area contributed by atoms with Gasteiger partial charge in [0.2, 0.25) is 5.91 Å². The largest absolute Gasteiger partial charge is 0.455 e. The molecule has 0 radical (unpaired) electrons. The first-order valence-electron chi connectivity index (χ1n) is 9.69. The van der Waals surface area contributed by atoms with Gasteiger partial charge in [0.15, 0.2) is 6.61 Å². The normalized spacial score (nSPS) is 16.3. The summed E-state index contributed by atoms with van der Waals surface area (Å²) in [5.74, 6) is -1.02. The first kappa shape index (κ1) is 23.5. The second kappa shape index (κ2) is 9.81. The number of ether oxygens (including phenoxy) is 1. The fraction of sp³-hybridized carbons (Fsp3) is 0.571. The van der Waals surface area contributed by atoms with Crippen LogP contribution in [0.3, 0.4) is 0 Å². The van der Waals surface area contributed by atoms with Crippen LogP contribution in [0.4, 0.5) is 0 Å². The highest BCUT2D eigenvalue weighted by atomic mass is 35.5. The molecule has 0 bridgehead atoms. The number of benzene rings is 1. The molecule has 1 N–H and O–H groups in total. The van der Waals surface area contributed by atoms with E-state index in [9.17, 15) is 14.4 Å². The lowest BCUT2D eigenvalue weighted by atomic mass is 9.91. The second-order valence-corrected chi connectivity index (χ2v) is 9.22. The minimum Gasteiger partial charge on any atom is -0.455 e. The Hall–Kier alpha value is -1.79. The summed E-state index contributed by atoms with van der Waals surface area (Å²) in [5, 5.41) is 3.73. The summed E-state index contributed by atoms with van der Waals surface area (Å²) < 4.78 is 5.18. The van der Waals surface area contributed by atoms with Crippen molar-refractivity contribution < 1.29 is 19.1 Å². The molecule has 1 aromatic rings. The number of hydrogen-bond donors (Lipinski definition) is 1. The van der Waals surface area contributed by atoms with Gasteiger partial charge in [-0.2, -0.15) is 0 Å². The number of likely N-dealkylation sites (tertiary alicyclic amines) is 1. The van der Waals surface area contributed by atoms with Gasteiger partial charge in [-0.15, -0.1) is 0 Å². The van der Waals surface area contributed by atoms with Crippen LogP contribution >= 0.6 is 23.2 Å². The molecule has 8 heteroatoms. The van der Waals surface area contributed by atoms with Crippen molar-refractivity contribution in [3.8, 4) is 0 Å². The Morgan fingerprint density at radius 1 is 1.21 bits per heavy atom. The lowest BCUT2D eigenvalue weighted by Crippen LogP contribution is -2.45. The van der Waals surface area contributed by atoms with E-state index in [-0.39, 0.29) is 24.5 Å². The zero-order valence-electron chi connectivity index (χ0n) is 17.3. The fourth-order valence-electron chi connectivity index (χ4n) is 3.26. The molecule has 2 rings (SSSR count). The zero-order valence-corrected chi connectivity index (χ0v) is 18.8. The number of amides is 2. The second-order valence-electron chi connectivity index (χ2n) is 8.38. The van der Waals surface area contributed by atoms with Gasteiger partial charge in [-0.3, -0.25) is 14.4 Å². The molecular weight excluding hydrogens is 415 g/mol. The molecule has 1 aliphatic rings. The maximum atomic E-state index is 12.3. The average molecular weight is 443 g/mol. The van der Waals surface area contributed by atoms with Crippen LogP contribution in [0.25, 0.3) is 0 Å². The summed E-state index contributed by atoms with van der Waals surface area (Å²) in [6, 6.07) is 4.70. The Bertz CT molecular complexity index is 768. The average Bonchev–Trinajstić information content (AvgIpc) is 2.64. The van der Waals surface area contributed by atoms with Crippen LogP contribution in [-0.4, -0.2) is 42.4 Å². The van der Waals surface area contributed by atoms with E-state index in [1.165, 1.54) is 0 Å². The quantitative estimate of drug-likeness (QED) is 0.699. The fourth-order valence-corrected chi connectivity index (χ4v) is 3.83. The van der Waals surface area contributed by atoms with E-state index in [1.807, 2.05) is 20.8 Å². The van der Waals surface area contributed by atoms with Gasteiger partial charge in [-0.25, -0.2) is 0 Å². The molecule has 160 valence electrons. The number of carbonyl (C=O) groups is 3. The van der Waals surface area contributed by atoms with Crippen LogP contribution in [0.1, 0.15) is 52.1 Å². The van der Waals surface area contributed by atoms with Gasteiger partial charge in [0.25, 0.3) is 5.91 Å². The monoisotopic (exact) mass is 442 g/mol. The Morgan fingerprint density at radius 3 is 2.38 bits per heavy atom. The summed E-state index contributed by atoms with van der Waals surface area (Å²) in [5.41, 5.74) is 0.293. The number of halogens is 2. The van der Waals surface area contributed by atoms with Gasteiger partial charge in [0.1, 0.15) is 0 Å². The number of nitrogens with one attached hydrogen (secondary N) is 1. The first-order chi connectivity index (χ1) is 13.5. The molecule has 1 heterocycles. The van der Waals surface area contributed by atoms with Crippen LogP contribution in [0.2, 0.25) is 10.0 Å². The molecule has 0 aliphatic carbocycles. The highest BCUT2D eigenvalue weighted by Crippen LogP contribution is 2.26. The Morgan fingerprint density at radius 2 is 1.83 bits per heavy atom. The molecular formula is C21H28Cl2N2O4. The molecule has 1 aromatic carbocycles. The number of piperidine rings is 1. The van der Waals surface area contributed by atoms with E-state index in [0.29, 0.717) is 36.0 Å². The third kappa shape index (κ3) is 6.61. The van der Waals surface area contributed by atoms with E-state index >= 15 is 0 Å². The van der Waals surface area contributed by atoms with Crippen molar-refractivity contribution in [1.29, 1.82) is 0 Å². The van der Waals surface area contributed by atoms with Gasteiger partial charge in [-0.1, -0.05) is 50.0 Å². The topological polar surface area (TPSA) is 75.7 Å². The van der Waals surface area contributed by atoms with Crippen molar-refractivity contribution in [2.75, 3.05) is 19.7 Å². The third-order valence-corrected chi connectivity index (χ3v) is 5.47.